The predicted octanol–water partition coefficient (Wildman–Crippen LogP) is 2.00. The minimum Gasteiger partial charge on any atom is -0.467 e. The van der Waals surface area contributed by atoms with Gasteiger partial charge in [0, 0.05) is 7.11 Å². The van der Waals surface area contributed by atoms with Crippen molar-refractivity contribution >= 4 is 11.9 Å². The number of rotatable bonds is 7. The molecule has 5 heteroatoms. The largest absolute Gasteiger partial charge is 0.467 e. The van der Waals surface area contributed by atoms with Gasteiger partial charge in [-0.1, -0.05) is 35.9 Å². The molecule has 0 bridgehead atoms. The highest BCUT2D eigenvalue weighted by atomic mass is 16.5. The summed E-state index contributed by atoms with van der Waals surface area (Å²) in [5.41, 5.74) is 1.50. The predicted molar refractivity (Wildman–Crippen MR) is 79.6 cm³/mol. The van der Waals surface area contributed by atoms with Crippen LogP contribution in [0.5, 0.6) is 0 Å². The monoisotopic (exact) mass is 291 g/mol. The van der Waals surface area contributed by atoms with Crippen LogP contribution in [0.15, 0.2) is 42.5 Å². The van der Waals surface area contributed by atoms with E-state index in [9.17, 15) is 9.59 Å². The lowest BCUT2D eigenvalue weighted by Gasteiger charge is -2.20. The first-order valence-electron chi connectivity index (χ1n) is 6.60. The van der Waals surface area contributed by atoms with Crippen LogP contribution in [0.25, 0.3) is 0 Å². The number of hydrogen-bond donors (Lipinski definition) is 1. The van der Waals surface area contributed by atoms with E-state index >= 15 is 0 Å². The molecule has 0 heterocycles. The molecule has 0 aliphatic rings. The Kier molecular flexibility index (Phi) is 6.62. The Morgan fingerprint density at radius 3 is 2.33 bits per heavy atom. The first-order chi connectivity index (χ1) is 9.99. The Labute approximate surface area is 124 Å². The molecule has 1 aromatic rings. The summed E-state index contributed by atoms with van der Waals surface area (Å²) in [6.45, 7) is 5.54. The molecule has 0 aromatic heterocycles. The van der Waals surface area contributed by atoms with Crippen LogP contribution in [-0.4, -0.2) is 32.1 Å². The highest BCUT2D eigenvalue weighted by Gasteiger charge is 2.27. The number of amides is 1. The van der Waals surface area contributed by atoms with Crippen molar-refractivity contribution in [1.82, 2.24) is 5.32 Å². The summed E-state index contributed by atoms with van der Waals surface area (Å²) < 4.78 is 9.93. The van der Waals surface area contributed by atoms with Gasteiger partial charge in [0.15, 0.2) is 6.10 Å². The lowest BCUT2D eigenvalue weighted by atomic mass is 10.1. The quantitative estimate of drug-likeness (QED) is 0.616. The lowest BCUT2D eigenvalue weighted by molar-refractivity contribution is -0.146. The normalized spacial score (nSPS) is 13.1. The molecule has 0 saturated heterocycles. The Hall–Kier alpha value is -2.14. The number of nitrogens with one attached hydrogen (secondary N) is 1. The molecule has 1 amide bonds. The highest BCUT2D eigenvalue weighted by Crippen LogP contribution is 2.17. The van der Waals surface area contributed by atoms with E-state index in [1.165, 1.54) is 14.2 Å². The van der Waals surface area contributed by atoms with E-state index < -0.39 is 18.1 Å². The molecule has 1 N–H and O–H groups in total. The number of methoxy groups -OCH3 is 2. The summed E-state index contributed by atoms with van der Waals surface area (Å²) >= 11 is 0. The maximum Gasteiger partial charge on any atom is 0.328 e. The molecule has 114 valence electrons. The van der Waals surface area contributed by atoms with Gasteiger partial charge in [0.25, 0.3) is 5.91 Å². The standard InChI is InChI=1S/C16H21NO4/c1-11(2)10-13(16(19)21-4)17-15(18)14(20-3)12-8-6-5-7-9-12/h5-9,13-14H,1,10H2,2-4H3,(H,17,18)/t13-,14-/m0/s1. The molecule has 21 heavy (non-hydrogen) atoms. The van der Waals surface area contributed by atoms with E-state index in [1.54, 1.807) is 19.1 Å². The van der Waals surface area contributed by atoms with Crippen LogP contribution in [0.2, 0.25) is 0 Å². The summed E-state index contributed by atoms with van der Waals surface area (Å²) in [4.78, 5) is 24.0. The fourth-order valence-corrected chi connectivity index (χ4v) is 1.95. The molecule has 0 radical (unpaired) electrons. The first-order valence-corrected chi connectivity index (χ1v) is 6.60. The van der Waals surface area contributed by atoms with Gasteiger partial charge in [0.2, 0.25) is 0 Å². The average molecular weight is 291 g/mol. The number of carbonyl (C=O) groups excluding carboxylic acids is 2. The van der Waals surface area contributed by atoms with Gasteiger partial charge in [-0.25, -0.2) is 4.79 Å². The van der Waals surface area contributed by atoms with Gasteiger partial charge in [-0.05, 0) is 18.9 Å². The zero-order chi connectivity index (χ0) is 15.8. The SMILES string of the molecule is C=C(C)C[C@H](NC(=O)[C@@H](OC)c1ccccc1)C(=O)OC. The van der Waals surface area contributed by atoms with E-state index in [1.807, 2.05) is 18.2 Å². The number of benzene rings is 1. The molecule has 0 aliphatic carbocycles. The zero-order valence-electron chi connectivity index (χ0n) is 12.6. The van der Waals surface area contributed by atoms with Crippen LogP contribution in [-0.2, 0) is 19.1 Å². The van der Waals surface area contributed by atoms with Gasteiger partial charge in [0.1, 0.15) is 6.04 Å². The van der Waals surface area contributed by atoms with Crippen molar-refractivity contribution in [3.63, 3.8) is 0 Å². The number of esters is 1. The van der Waals surface area contributed by atoms with Gasteiger partial charge < -0.3 is 14.8 Å². The third kappa shape index (κ3) is 5.04. The fraction of sp³-hybridized carbons (Fsp3) is 0.375. The molecule has 0 fully saturated rings. The Balaban J connectivity index is 2.84. The number of carbonyl (C=O) groups is 2. The van der Waals surface area contributed by atoms with E-state index in [2.05, 4.69) is 11.9 Å². The average Bonchev–Trinajstić information content (AvgIpc) is 2.47. The van der Waals surface area contributed by atoms with E-state index in [-0.39, 0.29) is 5.91 Å². The summed E-state index contributed by atoms with van der Waals surface area (Å²) in [5, 5.41) is 2.65. The van der Waals surface area contributed by atoms with Crippen LogP contribution < -0.4 is 5.32 Å². The Bertz CT molecular complexity index is 498. The molecule has 1 rings (SSSR count). The lowest BCUT2D eigenvalue weighted by Crippen LogP contribution is -2.44. The molecular formula is C16H21NO4. The number of hydrogen-bond acceptors (Lipinski definition) is 4. The van der Waals surface area contributed by atoms with E-state index in [0.29, 0.717) is 6.42 Å². The molecular weight excluding hydrogens is 270 g/mol. The second kappa shape index (κ2) is 8.21. The van der Waals surface area contributed by atoms with Gasteiger partial charge >= 0.3 is 5.97 Å². The minimum atomic E-state index is -0.775. The van der Waals surface area contributed by atoms with Gasteiger partial charge in [0.05, 0.1) is 7.11 Å². The first kappa shape index (κ1) is 16.9. The molecule has 0 unspecified atom stereocenters. The van der Waals surface area contributed by atoms with Crippen LogP contribution in [0.3, 0.4) is 0 Å². The minimum absolute atomic E-state index is 0.323. The summed E-state index contributed by atoms with van der Waals surface area (Å²) in [7, 11) is 2.73. The zero-order valence-corrected chi connectivity index (χ0v) is 12.6. The summed E-state index contributed by atoms with van der Waals surface area (Å²) in [6.07, 6.45) is -0.452. The maximum atomic E-state index is 12.3. The molecule has 0 saturated carbocycles. The van der Waals surface area contributed by atoms with Crippen molar-refractivity contribution < 1.29 is 19.1 Å². The highest BCUT2D eigenvalue weighted by molar-refractivity contribution is 5.87. The fourth-order valence-electron chi connectivity index (χ4n) is 1.95. The molecule has 0 aliphatic heterocycles. The van der Waals surface area contributed by atoms with E-state index in [0.717, 1.165) is 11.1 Å². The van der Waals surface area contributed by atoms with Crippen molar-refractivity contribution in [3.8, 4) is 0 Å². The van der Waals surface area contributed by atoms with Crippen LogP contribution in [0.1, 0.15) is 25.0 Å². The van der Waals surface area contributed by atoms with Crippen molar-refractivity contribution in [2.45, 2.75) is 25.5 Å². The van der Waals surface area contributed by atoms with Crippen molar-refractivity contribution in [3.05, 3.63) is 48.0 Å². The van der Waals surface area contributed by atoms with Gasteiger partial charge in [-0.15, -0.1) is 6.58 Å². The molecule has 0 spiro atoms. The molecule has 5 nitrogen and oxygen atoms in total. The van der Waals surface area contributed by atoms with Crippen LogP contribution >= 0.6 is 0 Å². The third-order valence-electron chi connectivity index (χ3n) is 2.93. The van der Waals surface area contributed by atoms with Crippen molar-refractivity contribution in [1.29, 1.82) is 0 Å². The van der Waals surface area contributed by atoms with Crippen molar-refractivity contribution in [2.24, 2.45) is 0 Å². The molecule has 1 aromatic carbocycles. The number of ether oxygens (including phenoxy) is 2. The van der Waals surface area contributed by atoms with Crippen LogP contribution in [0, 0.1) is 0 Å². The molecule has 2 atom stereocenters. The second-order valence-electron chi connectivity index (χ2n) is 4.77. The van der Waals surface area contributed by atoms with Gasteiger partial charge in [-0.3, -0.25) is 4.79 Å². The smallest absolute Gasteiger partial charge is 0.328 e. The summed E-state index contributed by atoms with van der Waals surface area (Å²) in [5.74, 6) is -0.894. The van der Waals surface area contributed by atoms with Crippen LogP contribution in [0.4, 0.5) is 0 Å². The Morgan fingerprint density at radius 2 is 1.86 bits per heavy atom. The van der Waals surface area contributed by atoms with Gasteiger partial charge in [-0.2, -0.15) is 0 Å². The second-order valence-corrected chi connectivity index (χ2v) is 4.77. The van der Waals surface area contributed by atoms with Crippen molar-refractivity contribution in [2.75, 3.05) is 14.2 Å². The summed E-state index contributed by atoms with van der Waals surface area (Å²) in [6, 6.07) is 8.31. The topological polar surface area (TPSA) is 64.6 Å². The maximum absolute atomic E-state index is 12.3. The van der Waals surface area contributed by atoms with E-state index in [4.69, 9.17) is 9.47 Å². The Morgan fingerprint density at radius 1 is 1.24 bits per heavy atom. The third-order valence-corrected chi connectivity index (χ3v) is 2.93.